The number of benzene rings is 1. The zero-order valence-electron chi connectivity index (χ0n) is 17.0. The molecule has 2 aromatic rings. The third kappa shape index (κ3) is 9.51. The molecular formula is C18H24BrF4N3O4. The Labute approximate surface area is 179 Å². The van der Waals surface area contributed by atoms with E-state index in [2.05, 4.69) is 26.7 Å². The molecule has 1 aromatic carbocycles. The van der Waals surface area contributed by atoms with Gasteiger partial charge in [0.05, 0.1) is 18.7 Å². The summed E-state index contributed by atoms with van der Waals surface area (Å²) in [7, 11) is 0. The van der Waals surface area contributed by atoms with E-state index in [9.17, 15) is 27.2 Å². The lowest BCUT2D eigenvalue weighted by atomic mass is 10.3. The van der Waals surface area contributed by atoms with Crippen molar-refractivity contribution in [1.29, 1.82) is 0 Å². The van der Waals surface area contributed by atoms with Gasteiger partial charge in [-0.2, -0.15) is 17.6 Å². The van der Waals surface area contributed by atoms with Gasteiger partial charge in [-0.15, -0.1) is 5.10 Å². The molecule has 0 saturated carbocycles. The number of esters is 2. The molecule has 1 aromatic heterocycles. The van der Waals surface area contributed by atoms with Crippen molar-refractivity contribution < 1.29 is 36.6 Å². The third-order valence-corrected chi connectivity index (χ3v) is 3.57. The molecule has 0 atom stereocenters. The van der Waals surface area contributed by atoms with Crippen molar-refractivity contribution in [3.63, 3.8) is 0 Å². The summed E-state index contributed by atoms with van der Waals surface area (Å²) in [6.45, 7) is 7.06. The number of aromatic nitrogens is 3. The molecule has 0 amide bonds. The molecule has 0 saturated heterocycles. The van der Waals surface area contributed by atoms with Gasteiger partial charge in [0.2, 0.25) is 0 Å². The van der Waals surface area contributed by atoms with Crippen LogP contribution in [0.5, 0.6) is 0 Å². The number of rotatable bonds is 6. The van der Waals surface area contributed by atoms with Crippen LogP contribution in [0.15, 0.2) is 24.3 Å². The second-order valence-electron chi connectivity index (χ2n) is 5.39. The van der Waals surface area contributed by atoms with E-state index in [0.29, 0.717) is 0 Å². The van der Waals surface area contributed by atoms with Gasteiger partial charge in [0.1, 0.15) is 5.52 Å². The van der Waals surface area contributed by atoms with Crippen LogP contribution in [0, 0.1) is 0 Å². The Bertz CT molecular complexity index is 797. The topological polar surface area (TPSA) is 83.3 Å². The minimum Gasteiger partial charge on any atom is -0.462 e. The largest absolute Gasteiger partial charge is 0.462 e. The zero-order valence-corrected chi connectivity index (χ0v) is 18.6. The number of para-hydroxylation sites is 1. The van der Waals surface area contributed by atoms with E-state index in [4.69, 9.17) is 0 Å². The zero-order chi connectivity index (χ0) is 23.4. The first-order chi connectivity index (χ1) is 13.9. The molecule has 0 spiro atoms. The molecule has 0 unspecified atom stereocenters. The molecular weight excluding hydrogens is 478 g/mol. The van der Waals surface area contributed by atoms with E-state index in [1.54, 1.807) is 0 Å². The number of ether oxygens (including phenoxy) is 2. The van der Waals surface area contributed by atoms with Crippen molar-refractivity contribution in [2.24, 2.45) is 0 Å². The first-order valence-electron chi connectivity index (χ1n) is 9.01. The minimum absolute atomic E-state index is 0.00553. The fourth-order valence-electron chi connectivity index (χ4n) is 1.74. The summed E-state index contributed by atoms with van der Waals surface area (Å²) >= 11 is 1.84. The highest BCUT2D eigenvalue weighted by Crippen LogP contribution is 2.22. The second kappa shape index (κ2) is 13.1. The molecule has 1 heterocycles. The lowest BCUT2D eigenvalue weighted by molar-refractivity contribution is -0.171. The molecule has 0 bridgehead atoms. The van der Waals surface area contributed by atoms with Crippen LogP contribution in [0.4, 0.5) is 17.6 Å². The van der Waals surface area contributed by atoms with Gasteiger partial charge in [0.15, 0.2) is 0 Å². The van der Waals surface area contributed by atoms with Gasteiger partial charge < -0.3 is 9.47 Å². The predicted octanol–water partition coefficient (Wildman–Crippen LogP) is 4.58. The van der Waals surface area contributed by atoms with Crippen LogP contribution in [0.3, 0.4) is 0 Å². The van der Waals surface area contributed by atoms with E-state index in [1.807, 2.05) is 44.9 Å². The van der Waals surface area contributed by atoms with E-state index < -0.39 is 29.1 Å². The Morgan fingerprint density at radius 2 is 1.53 bits per heavy atom. The number of hydrogen-bond donors (Lipinski definition) is 0. The Morgan fingerprint density at radius 3 is 1.97 bits per heavy atom. The van der Waals surface area contributed by atoms with E-state index in [-0.39, 0.29) is 13.2 Å². The molecule has 0 N–H and O–H groups in total. The Morgan fingerprint density at radius 1 is 1.00 bits per heavy atom. The van der Waals surface area contributed by atoms with Gasteiger partial charge in [-0.1, -0.05) is 24.3 Å². The summed E-state index contributed by atoms with van der Waals surface area (Å²) in [6.07, 6.45) is -0.508. The van der Waals surface area contributed by atoms with Crippen molar-refractivity contribution in [3.8, 4) is 0 Å². The van der Waals surface area contributed by atoms with Crippen molar-refractivity contribution in [3.05, 3.63) is 24.3 Å². The van der Waals surface area contributed by atoms with E-state index in [1.165, 1.54) is 20.8 Å². The fourth-order valence-corrected chi connectivity index (χ4v) is 1.86. The van der Waals surface area contributed by atoms with Crippen LogP contribution in [-0.2, 0) is 25.6 Å². The van der Waals surface area contributed by atoms with E-state index >= 15 is 0 Å². The normalized spacial score (nSPS) is 11.0. The highest BCUT2D eigenvalue weighted by molar-refractivity contribution is 9.10. The summed E-state index contributed by atoms with van der Waals surface area (Å²) in [4.78, 5) is 16.8. The average Bonchev–Trinajstić information content (AvgIpc) is 3.12. The van der Waals surface area contributed by atoms with Crippen LogP contribution >= 0.6 is 15.9 Å². The molecule has 0 aliphatic carbocycles. The summed E-state index contributed by atoms with van der Waals surface area (Å²) in [5, 5.41) is 7.98. The predicted molar refractivity (Wildman–Crippen MR) is 106 cm³/mol. The van der Waals surface area contributed by atoms with Crippen molar-refractivity contribution in [2.75, 3.05) is 13.2 Å². The lowest BCUT2D eigenvalue weighted by Gasteiger charge is -2.10. The number of carbonyl (C=O) groups excluding carboxylic acids is 2. The van der Waals surface area contributed by atoms with Gasteiger partial charge in [0.25, 0.3) is 0 Å². The SMILES string of the molecule is CCOC(=O)C(F)(F)Br.CCOC(=O)C(F)(F)CC.CCn1nnc2ccccc21. The molecule has 30 heavy (non-hydrogen) atoms. The molecule has 0 aliphatic heterocycles. The van der Waals surface area contributed by atoms with Crippen LogP contribution in [-0.4, -0.2) is 50.9 Å². The van der Waals surface area contributed by atoms with Crippen LogP contribution < -0.4 is 0 Å². The van der Waals surface area contributed by atoms with Gasteiger partial charge in [0, 0.05) is 28.9 Å². The molecule has 0 fully saturated rings. The van der Waals surface area contributed by atoms with Crippen molar-refractivity contribution in [2.45, 2.75) is 51.4 Å². The average molecular weight is 502 g/mol. The first kappa shape index (κ1) is 27.8. The number of aryl methyl sites for hydroxylation is 1. The maximum atomic E-state index is 12.3. The molecule has 7 nitrogen and oxygen atoms in total. The van der Waals surface area contributed by atoms with Gasteiger partial charge in [-0.25, -0.2) is 14.3 Å². The van der Waals surface area contributed by atoms with Crippen LogP contribution in [0.1, 0.15) is 34.1 Å². The second-order valence-corrected chi connectivity index (χ2v) is 6.39. The number of halogens is 5. The van der Waals surface area contributed by atoms with Gasteiger partial charge in [-0.3, -0.25) is 0 Å². The summed E-state index contributed by atoms with van der Waals surface area (Å²) in [5.41, 5.74) is 2.07. The summed E-state index contributed by atoms with van der Waals surface area (Å²) in [6, 6.07) is 7.96. The van der Waals surface area contributed by atoms with Crippen molar-refractivity contribution in [1.82, 2.24) is 15.0 Å². The molecule has 0 aliphatic rings. The Kier molecular flexibility index (Phi) is 12.2. The molecule has 170 valence electrons. The van der Waals surface area contributed by atoms with Crippen LogP contribution in [0.25, 0.3) is 11.0 Å². The minimum atomic E-state index is -3.54. The summed E-state index contributed by atoms with van der Waals surface area (Å²) < 4.78 is 58.0. The third-order valence-electron chi connectivity index (χ3n) is 3.24. The number of alkyl halides is 5. The summed E-state index contributed by atoms with van der Waals surface area (Å²) in [5.74, 6) is -6.29. The van der Waals surface area contributed by atoms with E-state index in [0.717, 1.165) is 17.6 Å². The standard InChI is InChI=1S/C8H9N3.C6H10F2O2.C4H5BrF2O2/c1-2-11-8-6-4-3-5-7(8)9-10-11;1-3-6(7,8)5(9)10-4-2;1-2-9-3(8)4(5,6)7/h3-6H,2H2,1H3;3-4H2,1-2H3;2H2,1H3. The molecule has 0 radical (unpaired) electrons. The van der Waals surface area contributed by atoms with Gasteiger partial charge >= 0.3 is 22.7 Å². The maximum Gasteiger partial charge on any atom is 0.395 e. The molecule has 12 heteroatoms. The fraction of sp³-hybridized carbons (Fsp3) is 0.556. The first-order valence-corrected chi connectivity index (χ1v) is 9.80. The van der Waals surface area contributed by atoms with Crippen molar-refractivity contribution >= 4 is 38.9 Å². The number of fused-ring (bicyclic) bond motifs is 1. The smallest absolute Gasteiger partial charge is 0.395 e. The number of nitrogens with zero attached hydrogens (tertiary/aromatic N) is 3. The monoisotopic (exact) mass is 501 g/mol. The maximum absolute atomic E-state index is 12.3. The van der Waals surface area contributed by atoms with Crippen LogP contribution in [0.2, 0.25) is 0 Å². The highest BCUT2D eigenvalue weighted by atomic mass is 79.9. The Hall–Kier alpha value is -2.24. The quantitative estimate of drug-likeness (QED) is 0.327. The molecule has 2 rings (SSSR count). The highest BCUT2D eigenvalue weighted by Gasteiger charge is 2.38. The Balaban J connectivity index is 0.000000424. The van der Waals surface area contributed by atoms with Gasteiger partial charge in [-0.05, 0) is 32.9 Å². The number of hydrogen-bond acceptors (Lipinski definition) is 6. The lowest BCUT2D eigenvalue weighted by Crippen LogP contribution is -2.29. The number of carbonyl (C=O) groups is 2.